The van der Waals surface area contributed by atoms with Crippen molar-refractivity contribution in [2.75, 3.05) is 17.3 Å². The highest BCUT2D eigenvalue weighted by Crippen LogP contribution is 2.66. The first-order valence-corrected chi connectivity index (χ1v) is 11.4. The van der Waals surface area contributed by atoms with Gasteiger partial charge in [0.2, 0.25) is 0 Å². The third-order valence-corrected chi connectivity index (χ3v) is 7.40. The maximum Gasteiger partial charge on any atom is 0.124 e. The summed E-state index contributed by atoms with van der Waals surface area (Å²) in [7, 11) is 2.01. The van der Waals surface area contributed by atoms with E-state index in [1.54, 1.807) is 0 Å². The van der Waals surface area contributed by atoms with Gasteiger partial charge in [0.05, 0.1) is 11.4 Å². The van der Waals surface area contributed by atoms with Crippen LogP contribution in [-0.2, 0) is 5.54 Å². The van der Waals surface area contributed by atoms with Gasteiger partial charge in [-0.3, -0.25) is 0 Å². The van der Waals surface area contributed by atoms with E-state index in [2.05, 4.69) is 112 Å². The maximum absolute atomic E-state index is 3.87. The number of hydrogen-bond donors (Lipinski definition) is 1. The fraction of sp³-hybridized carbons (Fsp3) is 0.185. The first-order chi connectivity index (χ1) is 14.7. The maximum atomic E-state index is 3.87. The predicted octanol–water partition coefficient (Wildman–Crippen LogP) is 6.84. The molecule has 3 aromatic carbocycles. The van der Waals surface area contributed by atoms with E-state index in [-0.39, 0.29) is 5.54 Å². The fourth-order valence-electron chi connectivity index (χ4n) is 5.81. The van der Waals surface area contributed by atoms with Crippen LogP contribution in [-0.4, -0.2) is 11.9 Å². The van der Waals surface area contributed by atoms with Crippen molar-refractivity contribution in [1.29, 1.82) is 0 Å². The van der Waals surface area contributed by atoms with Crippen molar-refractivity contribution in [1.82, 2.24) is 0 Å². The molecule has 0 saturated carbocycles. The zero-order valence-corrected chi connectivity index (χ0v) is 18.7. The summed E-state index contributed by atoms with van der Waals surface area (Å²) in [6, 6.07) is 26.5. The number of nitrogens with zero attached hydrogens (tertiary/aromatic N) is 1. The number of rotatable bonds is 2. The molecule has 0 amide bonds. The van der Waals surface area contributed by atoms with Crippen molar-refractivity contribution < 1.29 is 0 Å². The average molecular weight is 455 g/mol. The SMILES string of the molecule is CNc1ccccc1N1C2=C(C(C)=CC(Br)C2)C12c1ccccc1-c1ccccc12. The number of nitrogens with one attached hydrogen (secondary N) is 1. The number of halogens is 1. The number of para-hydroxylation sites is 2. The Morgan fingerprint density at radius 2 is 1.50 bits per heavy atom. The lowest BCUT2D eigenvalue weighted by Gasteiger charge is -2.58. The smallest absolute Gasteiger partial charge is 0.124 e. The molecule has 1 heterocycles. The molecule has 3 heteroatoms. The Morgan fingerprint density at radius 3 is 2.17 bits per heavy atom. The van der Waals surface area contributed by atoms with Gasteiger partial charge in [0.25, 0.3) is 0 Å². The zero-order valence-electron chi connectivity index (χ0n) is 17.1. The number of anilines is 2. The third-order valence-electron chi connectivity index (χ3n) is 6.81. The second kappa shape index (κ2) is 6.36. The molecule has 3 aliphatic rings. The first-order valence-electron chi connectivity index (χ1n) is 10.5. The van der Waals surface area contributed by atoms with Gasteiger partial charge in [-0.05, 0) is 46.9 Å². The van der Waals surface area contributed by atoms with Crippen LogP contribution < -0.4 is 10.2 Å². The Balaban J connectivity index is 1.73. The highest BCUT2D eigenvalue weighted by molar-refractivity contribution is 9.09. The molecule has 0 aromatic heterocycles. The van der Waals surface area contributed by atoms with Gasteiger partial charge in [0, 0.05) is 29.6 Å². The molecule has 0 saturated heterocycles. The monoisotopic (exact) mass is 454 g/mol. The molecule has 2 aliphatic carbocycles. The van der Waals surface area contributed by atoms with Gasteiger partial charge in [0.1, 0.15) is 5.54 Å². The van der Waals surface area contributed by atoms with Crippen LogP contribution in [0.3, 0.4) is 0 Å². The largest absolute Gasteiger partial charge is 0.386 e. The molecule has 148 valence electrons. The minimum Gasteiger partial charge on any atom is -0.386 e. The summed E-state index contributed by atoms with van der Waals surface area (Å²) in [4.78, 5) is 2.97. The lowest BCUT2D eigenvalue weighted by atomic mass is 9.66. The number of alkyl halides is 1. The van der Waals surface area contributed by atoms with E-state index < -0.39 is 0 Å². The molecule has 1 N–H and O–H groups in total. The van der Waals surface area contributed by atoms with Crippen LogP contribution in [0.25, 0.3) is 11.1 Å². The summed E-state index contributed by atoms with van der Waals surface area (Å²) in [5.41, 5.74) is 11.9. The van der Waals surface area contributed by atoms with E-state index >= 15 is 0 Å². The molecule has 0 fully saturated rings. The third kappa shape index (κ3) is 2.09. The molecular formula is C27H23BrN2. The first kappa shape index (κ1) is 18.0. The topological polar surface area (TPSA) is 15.3 Å². The van der Waals surface area contributed by atoms with E-state index in [1.165, 1.54) is 44.8 Å². The predicted molar refractivity (Wildman–Crippen MR) is 129 cm³/mol. The van der Waals surface area contributed by atoms with Gasteiger partial charge in [-0.25, -0.2) is 0 Å². The van der Waals surface area contributed by atoms with Crippen molar-refractivity contribution in [3.8, 4) is 11.1 Å². The molecule has 0 bridgehead atoms. The highest BCUT2D eigenvalue weighted by atomic mass is 79.9. The second-order valence-corrected chi connectivity index (χ2v) is 9.47. The number of benzene rings is 3. The summed E-state index contributed by atoms with van der Waals surface area (Å²) in [6.07, 6.45) is 3.38. The minimum absolute atomic E-state index is 0.275. The molecule has 1 atom stereocenters. The van der Waals surface area contributed by atoms with Crippen LogP contribution in [0.1, 0.15) is 24.5 Å². The quantitative estimate of drug-likeness (QED) is 0.426. The van der Waals surface area contributed by atoms with Crippen molar-refractivity contribution in [3.05, 3.63) is 107 Å². The number of fused-ring (bicyclic) bond motifs is 6. The Morgan fingerprint density at radius 1 is 0.900 bits per heavy atom. The van der Waals surface area contributed by atoms with Gasteiger partial charge < -0.3 is 10.2 Å². The molecule has 2 nitrogen and oxygen atoms in total. The number of allylic oxidation sites excluding steroid dienone is 2. The van der Waals surface area contributed by atoms with E-state index in [0.717, 1.165) is 12.1 Å². The summed E-state index contributed by atoms with van der Waals surface area (Å²) in [6.45, 7) is 2.27. The summed E-state index contributed by atoms with van der Waals surface area (Å²) in [5, 5.41) is 3.43. The van der Waals surface area contributed by atoms with Crippen molar-refractivity contribution in [2.45, 2.75) is 23.7 Å². The van der Waals surface area contributed by atoms with Crippen molar-refractivity contribution in [2.24, 2.45) is 0 Å². The van der Waals surface area contributed by atoms with E-state index in [1.807, 2.05) is 7.05 Å². The zero-order chi connectivity index (χ0) is 20.5. The summed E-state index contributed by atoms with van der Waals surface area (Å²) >= 11 is 3.87. The van der Waals surface area contributed by atoms with Crippen molar-refractivity contribution in [3.63, 3.8) is 0 Å². The van der Waals surface area contributed by atoms with Crippen LogP contribution in [0.2, 0.25) is 0 Å². The second-order valence-electron chi connectivity index (χ2n) is 8.30. The fourth-order valence-corrected chi connectivity index (χ4v) is 6.52. The molecule has 1 spiro atoms. The standard InChI is InChI=1S/C27H23BrN2/c1-17-15-18(28)16-25-26(17)27(30(25)24-14-8-7-13-23(24)29-2)21-11-5-3-9-19(21)20-10-4-6-12-22(20)27/h3-15,18,29H,16H2,1-2H3. The van der Waals surface area contributed by atoms with Crippen molar-refractivity contribution >= 4 is 27.3 Å². The van der Waals surface area contributed by atoms with Crippen LogP contribution in [0.5, 0.6) is 0 Å². The summed E-state index contributed by atoms with van der Waals surface area (Å²) < 4.78 is 0. The lowest BCUT2D eigenvalue weighted by Crippen LogP contribution is -2.58. The average Bonchev–Trinajstić information content (AvgIpc) is 3.06. The van der Waals surface area contributed by atoms with Gasteiger partial charge >= 0.3 is 0 Å². The molecule has 6 rings (SSSR count). The molecule has 30 heavy (non-hydrogen) atoms. The Bertz CT molecular complexity index is 1210. The van der Waals surface area contributed by atoms with Crippen LogP contribution >= 0.6 is 15.9 Å². The lowest BCUT2D eigenvalue weighted by molar-refractivity contribution is 0.509. The minimum atomic E-state index is -0.275. The Hall–Kier alpha value is -2.78. The Kier molecular flexibility index (Phi) is 3.82. The van der Waals surface area contributed by atoms with Gasteiger partial charge in [-0.2, -0.15) is 0 Å². The van der Waals surface area contributed by atoms with E-state index in [4.69, 9.17) is 0 Å². The van der Waals surface area contributed by atoms with Crippen LogP contribution in [0.15, 0.2) is 95.7 Å². The molecule has 1 aliphatic heterocycles. The Labute approximate surface area is 186 Å². The van der Waals surface area contributed by atoms with Gasteiger partial charge in [-0.15, -0.1) is 0 Å². The number of hydrogen-bond acceptors (Lipinski definition) is 2. The molecular weight excluding hydrogens is 432 g/mol. The highest BCUT2D eigenvalue weighted by Gasteiger charge is 2.60. The van der Waals surface area contributed by atoms with Crippen LogP contribution in [0, 0.1) is 0 Å². The molecule has 1 unspecified atom stereocenters. The van der Waals surface area contributed by atoms with E-state index in [0.29, 0.717) is 4.83 Å². The molecule has 0 radical (unpaired) electrons. The van der Waals surface area contributed by atoms with E-state index in [9.17, 15) is 0 Å². The summed E-state index contributed by atoms with van der Waals surface area (Å²) in [5.74, 6) is 0. The normalized spacial score (nSPS) is 20.3. The van der Waals surface area contributed by atoms with Crippen LogP contribution in [0.4, 0.5) is 11.4 Å². The molecule has 3 aromatic rings. The van der Waals surface area contributed by atoms with Gasteiger partial charge in [0.15, 0.2) is 0 Å². The van der Waals surface area contributed by atoms with Gasteiger partial charge in [-0.1, -0.05) is 82.7 Å².